The van der Waals surface area contributed by atoms with Gasteiger partial charge in [0, 0.05) is 18.5 Å². The molecule has 0 spiro atoms. The largest absolute Gasteiger partial charge is 0.384 e. The van der Waals surface area contributed by atoms with Crippen molar-refractivity contribution in [2.24, 2.45) is 0 Å². The molecule has 1 atom stereocenters. The first kappa shape index (κ1) is 11.0. The Morgan fingerprint density at radius 1 is 1.28 bits per heavy atom. The predicted octanol–water partition coefficient (Wildman–Crippen LogP) is 2.20. The Bertz CT molecular complexity index is 553. The predicted molar refractivity (Wildman–Crippen MR) is 72.4 cm³/mol. The second-order valence-electron chi connectivity index (χ2n) is 4.64. The van der Waals surface area contributed by atoms with E-state index in [-0.39, 0.29) is 0 Å². The number of nitrogens with two attached hydrogens (primary N) is 1. The van der Waals surface area contributed by atoms with Crippen LogP contribution < -0.4 is 11.1 Å². The van der Waals surface area contributed by atoms with Crippen LogP contribution in [0, 0.1) is 0 Å². The molecule has 4 heteroatoms. The number of anilines is 2. The lowest BCUT2D eigenvalue weighted by atomic mass is 10.0. The number of nitrogens with one attached hydrogen (secondary N) is 1. The monoisotopic (exact) mass is 240 g/mol. The molecule has 0 radical (unpaired) electrons. The summed E-state index contributed by atoms with van der Waals surface area (Å²) < 4.78 is 0. The first-order valence-corrected chi connectivity index (χ1v) is 6.22. The van der Waals surface area contributed by atoms with Gasteiger partial charge in [-0.05, 0) is 24.0 Å². The van der Waals surface area contributed by atoms with Gasteiger partial charge in [0.2, 0.25) is 0 Å². The van der Waals surface area contributed by atoms with Crippen LogP contribution in [-0.2, 0) is 6.42 Å². The first-order chi connectivity index (χ1) is 8.83. The topological polar surface area (TPSA) is 63.8 Å². The lowest BCUT2D eigenvalue weighted by Gasteiger charge is -2.13. The molecule has 3 N–H and O–H groups in total. The minimum Gasteiger partial charge on any atom is -0.384 e. The zero-order chi connectivity index (χ0) is 12.4. The summed E-state index contributed by atoms with van der Waals surface area (Å²) in [5.41, 5.74) is 8.57. The van der Waals surface area contributed by atoms with E-state index in [4.69, 9.17) is 5.73 Å². The number of hydrogen-bond acceptors (Lipinski definition) is 4. The molecule has 1 aromatic heterocycles. The van der Waals surface area contributed by atoms with Gasteiger partial charge >= 0.3 is 0 Å². The Hall–Kier alpha value is -2.10. The molecular weight excluding hydrogens is 224 g/mol. The molecule has 18 heavy (non-hydrogen) atoms. The Morgan fingerprint density at radius 2 is 2.17 bits per heavy atom. The lowest BCUT2D eigenvalue weighted by Crippen LogP contribution is -2.11. The number of aryl methyl sites for hydroxylation is 1. The summed E-state index contributed by atoms with van der Waals surface area (Å²) in [5, 5.41) is 3.34. The molecule has 1 aliphatic carbocycles. The number of benzene rings is 1. The van der Waals surface area contributed by atoms with Crippen molar-refractivity contribution in [3.05, 3.63) is 47.8 Å². The van der Waals surface area contributed by atoms with Crippen molar-refractivity contribution in [1.82, 2.24) is 9.97 Å². The van der Waals surface area contributed by atoms with Gasteiger partial charge in [-0.3, -0.25) is 0 Å². The summed E-state index contributed by atoms with van der Waals surface area (Å²) in [6.07, 6.45) is 3.86. The highest BCUT2D eigenvalue weighted by Crippen LogP contribution is 2.32. The van der Waals surface area contributed by atoms with Crippen molar-refractivity contribution in [2.75, 3.05) is 17.6 Å². The molecule has 1 aliphatic rings. The zero-order valence-electron chi connectivity index (χ0n) is 10.1. The van der Waals surface area contributed by atoms with Crippen LogP contribution in [0.25, 0.3) is 0 Å². The van der Waals surface area contributed by atoms with E-state index in [9.17, 15) is 0 Å². The van der Waals surface area contributed by atoms with Crippen LogP contribution in [0.1, 0.15) is 23.5 Å². The van der Waals surface area contributed by atoms with E-state index < -0.39 is 0 Å². The number of aromatic nitrogens is 2. The molecule has 1 aromatic carbocycles. The Balaban J connectivity index is 1.69. The number of rotatable bonds is 3. The van der Waals surface area contributed by atoms with Gasteiger partial charge in [0.1, 0.15) is 18.0 Å². The minimum atomic E-state index is 0.499. The molecule has 92 valence electrons. The fraction of sp³-hybridized carbons (Fsp3) is 0.286. The standard InChI is InChI=1S/C14H16N4/c15-13-7-14(18-9-17-13)16-8-11-6-5-10-3-1-2-4-12(10)11/h1-4,7,9,11H,5-6,8H2,(H3,15,16,17,18). The summed E-state index contributed by atoms with van der Waals surface area (Å²) in [6, 6.07) is 10.4. The second kappa shape index (κ2) is 4.64. The van der Waals surface area contributed by atoms with E-state index in [0.717, 1.165) is 12.4 Å². The van der Waals surface area contributed by atoms with Gasteiger partial charge in [-0.1, -0.05) is 24.3 Å². The molecule has 0 fully saturated rings. The van der Waals surface area contributed by atoms with Crippen molar-refractivity contribution in [2.45, 2.75) is 18.8 Å². The maximum Gasteiger partial charge on any atom is 0.131 e. The van der Waals surface area contributed by atoms with Crippen LogP contribution in [0.5, 0.6) is 0 Å². The van der Waals surface area contributed by atoms with Crippen LogP contribution in [0.15, 0.2) is 36.7 Å². The van der Waals surface area contributed by atoms with Gasteiger partial charge in [0.25, 0.3) is 0 Å². The van der Waals surface area contributed by atoms with Gasteiger partial charge in [-0.2, -0.15) is 0 Å². The van der Waals surface area contributed by atoms with Crippen molar-refractivity contribution >= 4 is 11.6 Å². The third-order valence-corrected chi connectivity index (χ3v) is 3.47. The van der Waals surface area contributed by atoms with E-state index in [1.54, 1.807) is 6.07 Å². The van der Waals surface area contributed by atoms with Gasteiger partial charge in [-0.25, -0.2) is 9.97 Å². The van der Waals surface area contributed by atoms with E-state index in [1.807, 2.05) is 0 Å². The molecule has 3 rings (SSSR count). The molecule has 4 nitrogen and oxygen atoms in total. The molecular formula is C14H16N4. The van der Waals surface area contributed by atoms with Crippen molar-refractivity contribution in [3.8, 4) is 0 Å². The van der Waals surface area contributed by atoms with Gasteiger partial charge < -0.3 is 11.1 Å². The Labute approximate surface area is 106 Å². The first-order valence-electron chi connectivity index (χ1n) is 6.22. The smallest absolute Gasteiger partial charge is 0.131 e. The zero-order valence-corrected chi connectivity index (χ0v) is 10.1. The van der Waals surface area contributed by atoms with Crippen LogP contribution in [-0.4, -0.2) is 16.5 Å². The third-order valence-electron chi connectivity index (χ3n) is 3.47. The second-order valence-corrected chi connectivity index (χ2v) is 4.64. The van der Waals surface area contributed by atoms with E-state index >= 15 is 0 Å². The summed E-state index contributed by atoms with van der Waals surface area (Å²) in [5.74, 6) is 1.86. The maximum atomic E-state index is 5.63. The normalized spacial score (nSPS) is 17.4. The van der Waals surface area contributed by atoms with Gasteiger partial charge in [-0.15, -0.1) is 0 Å². The van der Waals surface area contributed by atoms with Crippen molar-refractivity contribution < 1.29 is 0 Å². The van der Waals surface area contributed by atoms with E-state index in [1.165, 1.54) is 30.3 Å². The molecule has 0 bridgehead atoms. The van der Waals surface area contributed by atoms with Crippen LogP contribution in [0.3, 0.4) is 0 Å². The molecule has 1 heterocycles. The summed E-state index contributed by atoms with van der Waals surface area (Å²) in [4.78, 5) is 8.04. The third kappa shape index (κ3) is 2.14. The maximum absolute atomic E-state index is 5.63. The van der Waals surface area contributed by atoms with E-state index in [0.29, 0.717) is 11.7 Å². The molecule has 2 aromatic rings. The number of hydrogen-bond donors (Lipinski definition) is 2. The molecule has 0 amide bonds. The Kier molecular flexibility index (Phi) is 2.84. The number of nitrogen functional groups attached to an aromatic ring is 1. The summed E-state index contributed by atoms with van der Waals surface area (Å²) in [7, 11) is 0. The summed E-state index contributed by atoms with van der Waals surface area (Å²) in [6.45, 7) is 0.896. The quantitative estimate of drug-likeness (QED) is 0.863. The highest BCUT2D eigenvalue weighted by atomic mass is 15.0. The highest BCUT2D eigenvalue weighted by molar-refractivity contribution is 5.44. The van der Waals surface area contributed by atoms with Crippen molar-refractivity contribution in [3.63, 3.8) is 0 Å². The SMILES string of the molecule is Nc1cc(NCC2CCc3ccccc32)ncn1. The summed E-state index contributed by atoms with van der Waals surface area (Å²) >= 11 is 0. The average molecular weight is 240 g/mol. The van der Waals surface area contributed by atoms with Crippen LogP contribution in [0.4, 0.5) is 11.6 Å². The van der Waals surface area contributed by atoms with Gasteiger partial charge in [0.15, 0.2) is 0 Å². The average Bonchev–Trinajstić information content (AvgIpc) is 2.80. The van der Waals surface area contributed by atoms with Crippen LogP contribution in [0.2, 0.25) is 0 Å². The lowest BCUT2D eigenvalue weighted by molar-refractivity contribution is 0.707. The Morgan fingerprint density at radius 3 is 3.06 bits per heavy atom. The fourth-order valence-electron chi connectivity index (χ4n) is 2.55. The molecule has 0 saturated heterocycles. The molecule has 0 saturated carbocycles. The molecule has 1 unspecified atom stereocenters. The fourth-order valence-corrected chi connectivity index (χ4v) is 2.55. The molecule has 0 aliphatic heterocycles. The number of fused-ring (bicyclic) bond motifs is 1. The van der Waals surface area contributed by atoms with E-state index in [2.05, 4.69) is 39.6 Å². The highest BCUT2D eigenvalue weighted by Gasteiger charge is 2.21. The number of nitrogens with zero attached hydrogens (tertiary/aromatic N) is 2. The van der Waals surface area contributed by atoms with Crippen LogP contribution >= 0.6 is 0 Å². The van der Waals surface area contributed by atoms with Crippen molar-refractivity contribution in [1.29, 1.82) is 0 Å². The van der Waals surface area contributed by atoms with Gasteiger partial charge in [0.05, 0.1) is 0 Å². The minimum absolute atomic E-state index is 0.499.